The number of allylic oxidation sites excluding steroid dienone is 6. The maximum Gasteiger partial charge on any atom is 0.0709 e. The summed E-state index contributed by atoms with van der Waals surface area (Å²) in [7, 11) is 0. The molecule has 0 saturated carbocycles. The summed E-state index contributed by atoms with van der Waals surface area (Å²) in [6.45, 7) is 16.5. The molecule has 0 amide bonds. The summed E-state index contributed by atoms with van der Waals surface area (Å²) in [6.07, 6.45) is 8.61. The van der Waals surface area contributed by atoms with Crippen LogP contribution in [-0.4, -0.2) is 6.72 Å². The minimum atomic E-state index is 0.616. The Morgan fingerprint density at radius 1 is 1.12 bits per heavy atom. The Morgan fingerprint density at radius 3 is 1.94 bits per heavy atom. The van der Waals surface area contributed by atoms with Crippen LogP contribution in [0.2, 0.25) is 0 Å². The smallest absolute Gasteiger partial charge is 0.0709 e. The van der Waals surface area contributed by atoms with Crippen molar-refractivity contribution in [3.8, 4) is 0 Å². The van der Waals surface area contributed by atoms with Crippen molar-refractivity contribution >= 4 is 18.3 Å². The van der Waals surface area contributed by atoms with Crippen molar-refractivity contribution < 1.29 is 0 Å². The van der Waals surface area contributed by atoms with E-state index in [2.05, 4.69) is 24.9 Å². The van der Waals surface area contributed by atoms with Crippen molar-refractivity contribution in [2.75, 3.05) is 0 Å². The molecule has 0 spiro atoms. The van der Waals surface area contributed by atoms with E-state index in [1.807, 2.05) is 20.8 Å². The summed E-state index contributed by atoms with van der Waals surface area (Å²) in [6, 6.07) is 0. The quantitative estimate of drug-likeness (QED) is 0.469. The van der Waals surface area contributed by atoms with Gasteiger partial charge in [-0.15, -0.1) is 0 Å². The summed E-state index contributed by atoms with van der Waals surface area (Å²) in [5.74, 6) is 0. The van der Waals surface area contributed by atoms with Crippen LogP contribution in [0, 0.1) is 0 Å². The number of hydrogen-bond acceptors (Lipinski definition) is 1. The minimum absolute atomic E-state index is 0.616. The van der Waals surface area contributed by atoms with Crippen molar-refractivity contribution in [1.82, 2.24) is 0 Å². The molecule has 0 radical (unpaired) electrons. The van der Waals surface area contributed by atoms with E-state index in [0.717, 1.165) is 5.57 Å². The van der Waals surface area contributed by atoms with E-state index >= 15 is 0 Å². The summed E-state index contributed by atoms with van der Waals surface area (Å²) in [4.78, 5) is 3.86. The fraction of sp³-hybridized carbons (Fsp3) is 0.214. The van der Waals surface area contributed by atoms with Gasteiger partial charge in [-0.3, -0.25) is 4.99 Å². The van der Waals surface area contributed by atoms with E-state index in [1.54, 1.807) is 30.4 Å². The second-order valence-corrected chi connectivity index (χ2v) is 2.81. The Hall–Kier alpha value is -1.34. The molecule has 0 saturated heterocycles. The highest BCUT2D eigenvalue weighted by molar-refractivity contribution is 6.32. The highest BCUT2D eigenvalue weighted by Crippen LogP contribution is 2.23. The molecule has 0 fully saturated rings. The van der Waals surface area contributed by atoms with Gasteiger partial charge in [0.2, 0.25) is 0 Å². The fourth-order valence-corrected chi connectivity index (χ4v) is 1.06. The lowest BCUT2D eigenvalue weighted by molar-refractivity contribution is 1.34. The summed E-state index contributed by atoms with van der Waals surface area (Å²) in [5, 5.41) is 0.616. The van der Waals surface area contributed by atoms with Crippen LogP contribution >= 0.6 is 11.6 Å². The molecule has 88 valence electrons. The number of rotatable bonds is 5. The third-order valence-corrected chi connectivity index (χ3v) is 1.94. The van der Waals surface area contributed by atoms with Gasteiger partial charge < -0.3 is 0 Å². The van der Waals surface area contributed by atoms with E-state index in [0.29, 0.717) is 10.7 Å². The second-order valence-electron chi connectivity index (χ2n) is 2.40. The molecule has 0 aliphatic heterocycles. The van der Waals surface area contributed by atoms with Crippen LogP contribution in [0.5, 0.6) is 0 Å². The SMILES string of the molecule is C=C\C=C(N=C)/C(=C\C=C)C(/Cl)=C\C.CC. The van der Waals surface area contributed by atoms with Crippen LogP contribution in [0.15, 0.2) is 64.8 Å². The zero-order valence-electron chi connectivity index (χ0n) is 10.3. The Balaban J connectivity index is 0. The molecule has 0 heterocycles. The van der Waals surface area contributed by atoms with Crippen molar-refractivity contribution in [3.63, 3.8) is 0 Å². The van der Waals surface area contributed by atoms with Crippen LogP contribution in [0.1, 0.15) is 20.8 Å². The van der Waals surface area contributed by atoms with E-state index in [1.165, 1.54) is 0 Å². The third kappa shape index (κ3) is 6.20. The lowest BCUT2D eigenvalue weighted by Gasteiger charge is -2.04. The molecule has 0 aromatic carbocycles. The van der Waals surface area contributed by atoms with Gasteiger partial charge in [-0.2, -0.15) is 0 Å². The van der Waals surface area contributed by atoms with E-state index in [9.17, 15) is 0 Å². The molecular formula is C14H20ClN. The van der Waals surface area contributed by atoms with Crippen molar-refractivity contribution in [3.05, 3.63) is 59.8 Å². The maximum absolute atomic E-state index is 6.00. The van der Waals surface area contributed by atoms with Gasteiger partial charge >= 0.3 is 0 Å². The summed E-state index contributed by atoms with van der Waals surface area (Å²) in [5.41, 5.74) is 1.47. The topological polar surface area (TPSA) is 12.4 Å². The molecule has 2 heteroatoms. The fourth-order valence-electron chi connectivity index (χ4n) is 0.900. The van der Waals surface area contributed by atoms with Crippen LogP contribution in [-0.2, 0) is 0 Å². The zero-order chi connectivity index (χ0) is 13.0. The van der Waals surface area contributed by atoms with Crippen LogP contribution in [0.25, 0.3) is 0 Å². The molecule has 0 atom stereocenters. The zero-order valence-corrected chi connectivity index (χ0v) is 11.1. The Morgan fingerprint density at radius 2 is 1.62 bits per heavy atom. The molecule has 0 aliphatic rings. The first-order chi connectivity index (χ1) is 7.71. The largest absolute Gasteiger partial charge is 0.264 e. The molecule has 0 bridgehead atoms. The molecule has 16 heavy (non-hydrogen) atoms. The van der Waals surface area contributed by atoms with Crippen LogP contribution in [0.3, 0.4) is 0 Å². The lowest BCUT2D eigenvalue weighted by Crippen LogP contribution is -1.86. The summed E-state index contributed by atoms with van der Waals surface area (Å²) >= 11 is 6.00. The van der Waals surface area contributed by atoms with Gasteiger partial charge in [0.15, 0.2) is 0 Å². The number of hydrogen-bond donors (Lipinski definition) is 0. The average Bonchev–Trinajstić information content (AvgIpc) is 2.35. The molecule has 0 aliphatic carbocycles. The number of halogens is 1. The van der Waals surface area contributed by atoms with Gasteiger partial charge in [0, 0.05) is 10.6 Å². The molecule has 0 N–H and O–H groups in total. The normalized spacial score (nSPS) is 12.4. The van der Waals surface area contributed by atoms with E-state index in [4.69, 9.17) is 11.6 Å². The predicted octanol–water partition coefficient (Wildman–Crippen LogP) is 5.04. The van der Waals surface area contributed by atoms with Gasteiger partial charge in [0.1, 0.15) is 0 Å². The highest BCUT2D eigenvalue weighted by Gasteiger charge is 2.04. The molecule has 0 aromatic rings. The molecule has 0 rings (SSSR count). The lowest BCUT2D eigenvalue weighted by atomic mass is 10.1. The first-order valence-electron chi connectivity index (χ1n) is 5.16. The predicted molar refractivity (Wildman–Crippen MR) is 77.1 cm³/mol. The van der Waals surface area contributed by atoms with Gasteiger partial charge in [-0.25, -0.2) is 0 Å². The molecule has 1 nitrogen and oxygen atoms in total. The van der Waals surface area contributed by atoms with E-state index < -0.39 is 0 Å². The number of aliphatic imine (C=N–C) groups is 1. The minimum Gasteiger partial charge on any atom is -0.264 e. The number of nitrogens with zero attached hydrogens (tertiary/aromatic N) is 1. The second kappa shape index (κ2) is 11.7. The van der Waals surface area contributed by atoms with Gasteiger partial charge in [0.25, 0.3) is 0 Å². The van der Waals surface area contributed by atoms with Crippen molar-refractivity contribution in [1.29, 1.82) is 0 Å². The first-order valence-corrected chi connectivity index (χ1v) is 5.53. The van der Waals surface area contributed by atoms with Gasteiger partial charge in [0.05, 0.1) is 5.70 Å². The molecule has 0 aromatic heterocycles. The molecule has 0 unspecified atom stereocenters. The highest BCUT2D eigenvalue weighted by atomic mass is 35.5. The Bertz CT molecular complexity index is 320. The van der Waals surface area contributed by atoms with Crippen LogP contribution < -0.4 is 0 Å². The van der Waals surface area contributed by atoms with Gasteiger partial charge in [-0.05, 0) is 19.7 Å². The maximum atomic E-state index is 6.00. The third-order valence-electron chi connectivity index (χ3n) is 1.52. The van der Waals surface area contributed by atoms with Crippen LogP contribution in [0.4, 0.5) is 0 Å². The summed E-state index contributed by atoms with van der Waals surface area (Å²) < 4.78 is 0. The Labute approximate surface area is 104 Å². The Kier molecular flexibility index (Phi) is 12.5. The van der Waals surface area contributed by atoms with E-state index in [-0.39, 0.29) is 0 Å². The van der Waals surface area contributed by atoms with Crippen molar-refractivity contribution in [2.24, 2.45) is 4.99 Å². The monoisotopic (exact) mass is 237 g/mol. The first kappa shape index (κ1) is 17.1. The standard InChI is InChI=1S/C12H14ClN.C2H6/c1-5-8-10(11(13)7-3)12(14-4)9-6-2;1-2/h5-9H,1-2,4H2,3H3;1-2H3/b10-8-,11-7+,12-9+;. The molecular weight excluding hydrogens is 218 g/mol. The van der Waals surface area contributed by atoms with Crippen molar-refractivity contribution in [2.45, 2.75) is 20.8 Å². The van der Waals surface area contributed by atoms with Gasteiger partial charge in [-0.1, -0.05) is 62.9 Å². The average molecular weight is 238 g/mol.